The van der Waals surface area contributed by atoms with E-state index in [4.69, 9.17) is 0 Å². The second-order valence-electron chi connectivity index (χ2n) is 4.77. The van der Waals surface area contributed by atoms with Gasteiger partial charge < -0.3 is 5.11 Å². The Morgan fingerprint density at radius 1 is 1.62 bits per heavy atom. The summed E-state index contributed by atoms with van der Waals surface area (Å²) < 4.78 is 0. The number of Topliss-reactive ketones (excluding diaryl/α,β-unsaturated/α-hetero) is 1. The molecule has 1 N–H and O–H groups in total. The van der Waals surface area contributed by atoms with Gasteiger partial charge in [0.25, 0.3) is 0 Å². The van der Waals surface area contributed by atoms with E-state index in [2.05, 4.69) is 0 Å². The molecule has 1 heterocycles. The zero-order chi connectivity index (χ0) is 12.1. The molecule has 0 saturated carbocycles. The first-order chi connectivity index (χ1) is 7.57. The number of likely N-dealkylation sites (N-methyl/N-ethyl adjacent to an activating group) is 1. The molecule has 0 aromatic carbocycles. The number of likely N-dealkylation sites (tertiary alicyclic amines) is 1. The molecule has 0 aromatic heterocycles. The fraction of sp³-hybridized carbons (Fsp3) is 0.769. The smallest absolute Gasteiger partial charge is 0.152 e. The molecule has 1 saturated heterocycles. The minimum absolute atomic E-state index is 0.130. The number of aliphatic hydroxyl groups is 1. The molecule has 0 aromatic rings. The van der Waals surface area contributed by atoms with Crippen LogP contribution in [-0.2, 0) is 4.79 Å². The first-order valence-corrected chi connectivity index (χ1v) is 6.10. The van der Waals surface area contributed by atoms with E-state index in [1.165, 1.54) is 0 Å². The standard InChI is InChI=1S/C13H23NO2/c1-4-5-7-10(2)13(16)12-11(15)8-6-9-14(12)3/h4-5,10,12-13,16H,6-9H2,1-3H3/b5-4+/t10-,12-,13-/m1/s1. The summed E-state index contributed by atoms with van der Waals surface area (Å²) >= 11 is 0. The maximum atomic E-state index is 11.8. The first kappa shape index (κ1) is 13.4. The molecule has 16 heavy (non-hydrogen) atoms. The monoisotopic (exact) mass is 225 g/mol. The van der Waals surface area contributed by atoms with Gasteiger partial charge in [-0.05, 0) is 39.3 Å². The highest BCUT2D eigenvalue weighted by Gasteiger charge is 2.35. The lowest BCUT2D eigenvalue weighted by Gasteiger charge is -2.36. The third-order valence-corrected chi connectivity index (χ3v) is 3.39. The molecular weight excluding hydrogens is 202 g/mol. The Morgan fingerprint density at radius 3 is 2.88 bits per heavy atom. The van der Waals surface area contributed by atoms with Gasteiger partial charge in [-0.1, -0.05) is 19.1 Å². The molecule has 3 nitrogen and oxygen atoms in total. The van der Waals surface area contributed by atoms with Crippen molar-refractivity contribution in [3.05, 3.63) is 12.2 Å². The number of ketones is 1. The Kier molecular flexibility index (Phi) is 5.16. The van der Waals surface area contributed by atoms with E-state index in [0.29, 0.717) is 6.42 Å². The Bertz CT molecular complexity index is 263. The van der Waals surface area contributed by atoms with E-state index < -0.39 is 6.10 Å². The summed E-state index contributed by atoms with van der Waals surface area (Å²) in [6.45, 7) is 4.88. The van der Waals surface area contributed by atoms with E-state index in [9.17, 15) is 9.90 Å². The molecule has 1 aliphatic heterocycles. The number of nitrogens with zero attached hydrogens (tertiary/aromatic N) is 1. The SMILES string of the molecule is C/C=C/C[C@@H](C)[C@@H](O)[C@H]1C(=O)CCCN1C. The zero-order valence-corrected chi connectivity index (χ0v) is 10.5. The van der Waals surface area contributed by atoms with Crippen LogP contribution in [0.3, 0.4) is 0 Å². The quantitative estimate of drug-likeness (QED) is 0.739. The summed E-state index contributed by atoms with van der Waals surface area (Å²) in [5.41, 5.74) is 0. The zero-order valence-electron chi connectivity index (χ0n) is 10.5. The lowest BCUT2D eigenvalue weighted by Crippen LogP contribution is -2.52. The van der Waals surface area contributed by atoms with Crippen LogP contribution >= 0.6 is 0 Å². The molecule has 0 spiro atoms. The van der Waals surface area contributed by atoms with Crippen molar-refractivity contribution in [2.24, 2.45) is 5.92 Å². The van der Waals surface area contributed by atoms with Crippen molar-refractivity contribution in [3.63, 3.8) is 0 Å². The number of carbonyl (C=O) groups excluding carboxylic acids is 1. The van der Waals surface area contributed by atoms with Crippen LogP contribution in [0.1, 0.15) is 33.1 Å². The van der Waals surface area contributed by atoms with Crippen LogP contribution in [0.2, 0.25) is 0 Å². The van der Waals surface area contributed by atoms with Crippen LogP contribution in [0.4, 0.5) is 0 Å². The van der Waals surface area contributed by atoms with Crippen molar-refractivity contribution >= 4 is 5.78 Å². The summed E-state index contributed by atoms with van der Waals surface area (Å²) in [6, 6.07) is -0.297. The van der Waals surface area contributed by atoms with E-state index in [0.717, 1.165) is 19.4 Å². The van der Waals surface area contributed by atoms with Crippen molar-refractivity contribution in [1.29, 1.82) is 0 Å². The van der Waals surface area contributed by atoms with Crippen LogP contribution < -0.4 is 0 Å². The van der Waals surface area contributed by atoms with Crippen LogP contribution in [0.15, 0.2) is 12.2 Å². The number of aliphatic hydroxyl groups excluding tert-OH is 1. The Hall–Kier alpha value is -0.670. The van der Waals surface area contributed by atoms with Crippen LogP contribution in [0, 0.1) is 5.92 Å². The number of hydrogen-bond donors (Lipinski definition) is 1. The predicted molar refractivity (Wildman–Crippen MR) is 65.3 cm³/mol. The van der Waals surface area contributed by atoms with Gasteiger partial charge in [-0.25, -0.2) is 0 Å². The normalized spacial score (nSPS) is 27.2. The van der Waals surface area contributed by atoms with E-state index in [-0.39, 0.29) is 17.7 Å². The minimum atomic E-state index is -0.547. The fourth-order valence-electron chi connectivity index (χ4n) is 2.29. The number of carbonyl (C=O) groups is 1. The number of hydrogen-bond acceptors (Lipinski definition) is 3. The summed E-state index contributed by atoms with van der Waals surface area (Å²) in [6.07, 6.45) is 5.84. The molecular formula is C13H23NO2. The average molecular weight is 225 g/mol. The molecule has 1 rings (SSSR count). The number of rotatable bonds is 4. The molecule has 1 aliphatic rings. The van der Waals surface area contributed by atoms with Gasteiger partial charge in [-0.3, -0.25) is 9.69 Å². The second-order valence-corrected chi connectivity index (χ2v) is 4.77. The van der Waals surface area contributed by atoms with Crippen molar-refractivity contribution in [2.45, 2.75) is 45.3 Å². The minimum Gasteiger partial charge on any atom is -0.391 e. The van der Waals surface area contributed by atoms with Crippen molar-refractivity contribution in [2.75, 3.05) is 13.6 Å². The molecule has 0 aliphatic carbocycles. The highest BCUT2D eigenvalue weighted by atomic mass is 16.3. The molecule has 0 unspecified atom stereocenters. The topological polar surface area (TPSA) is 40.5 Å². The van der Waals surface area contributed by atoms with Crippen molar-refractivity contribution in [1.82, 2.24) is 4.90 Å². The Labute approximate surface area is 98.1 Å². The van der Waals surface area contributed by atoms with Crippen LogP contribution in [0.25, 0.3) is 0 Å². The molecule has 3 heteroatoms. The third kappa shape index (κ3) is 3.16. The highest BCUT2D eigenvalue weighted by Crippen LogP contribution is 2.21. The van der Waals surface area contributed by atoms with E-state index >= 15 is 0 Å². The molecule has 0 bridgehead atoms. The van der Waals surface area contributed by atoms with Gasteiger partial charge in [0.2, 0.25) is 0 Å². The van der Waals surface area contributed by atoms with Gasteiger partial charge in [-0.2, -0.15) is 0 Å². The van der Waals surface area contributed by atoms with Gasteiger partial charge in [0.15, 0.2) is 5.78 Å². The lowest BCUT2D eigenvalue weighted by molar-refractivity contribution is -0.132. The van der Waals surface area contributed by atoms with E-state index in [1.807, 2.05) is 37.9 Å². The highest BCUT2D eigenvalue weighted by molar-refractivity contribution is 5.85. The predicted octanol–water partition coefficient (Wildman–Crippen LogP) is 1.61. The molecule has 92 valence electrons. The maximum Gasteiger partial charge on any atom is 0.152 e. The Morgan fingerprint density at radius 2 is 2.31 bits per heavy atom. The third-order valence-electron chi connectivity index (χ3n) is 3.39. The summed E-state index contributed by atoms with van der Waals surface area (Å²) in [5.74, 6) is 0.319. The number of allylic oxidation sites excluding steroid dienone is 2. The molecule has 1 fully saturated rings. The second kappa shape index (κ2) is 6.16. The summed E-state index contributed by atoms with van der Waals surface area (Å²) in [5, 5.41) is 10.2. The maximum absolute atomic E-state index is 11.8. The van der Waals surface area contributed by atoms with Crippen LogP contribution in [-0.4, -0.2) is 41.5 Å². The first-order valence-electron chi connectivity index (χ1n) is 6.10. The van der Waals surface area contributed by atoms with Crippen LogP contribution in [0.5, 0.6) is 0 Å². The molecule has 0 amide bonds. The Balaban J connectivity index is 2.62. The van der Waals surface area contributed by atoms with E-state index in [1.54, 1.807) is 0 Å². The van der Waals surface area contributed by atoms with Gasteiger partial charge in [0.1, 0.15) is 0 Å². The van der Waals surface area contributed by atoms with Gasteiger partial charge in [0.05, 0.1) is 12.1 Å². The van der Waals surface area contributed by atoms with Gasteiger partial charge in [0, 0.05) is 6.42 Å². The van der Waals surface area contributed by atoms with Gasteiger partial charge >= 0.3 is 0 Å². The van der Waals surface area contributed by atoms with Gasteiger partial charge in [-0.15, -0.1) is 0 Å². The largest absolute Gasteiger partial charge is 0.391 e. The fourth-order valence-corrected chi connectivity index (χ4v) is 2.29. The average Bonchev–Trinajstić information content (AvgIpc) is 2.25. The molecule has 3 atom stereocenters. The van der Waals surface area contributed by atoms with Crippen molar-refractivity contribution in [3.8, 4) is 0 Å². The number of piperidine rings is 1. The summed E-state index contributed by atoms with van der Waals surface area (Å²) in [7, 11) is 1.92. The lowest BCUT2D eigenvalue weighted by atomic mass is 9.88. The van der Waals surface area contributed by atoms with Crippen molar-refractivity contribution < 1.29 is 9.90 Å². The summed E-state index contributed by atoms with van der Waals surface area (Å²) in [4.78, 5) is 13.8. The molecule has 0 radical (unpaired) electrons.